The quantitative estimate of drug-likeness (QED) is 0.685. The Kier molecular flexibility index (Phi) is 2.06. The lowest BCUT2D eigenvalue weighted by Crippen LogP contribution is -2.07. The molecule has 0 spiro atoms. The molecule has 70 valence electrons. The predicted octanol–water partition coefficient (Wildman–Crippen LogP) is 1.26. The average molecular weight is 181 g/mol. The largest absolute Gasteiger partial charge is 0.392 e. The molecule has 0 aliphatic heterocycles. The van der Waals surface area contributed by atoms with Crippen LogP contribution in [0.1, 0.15) is 29.2 Å². The Balaban J connectivity index is 2.53. The van der Waals surface area contributed by atoms with E-state index in [2.05, 4.69) is 0 Å². The fourth-order valence-electron chi connectivity index (χ4n) is 1.91. The van der Waals surface area contributed by atoms with Gasteiger partial charge in [-0.25, -0.2) is 4.39 Å². The van der Waals surface area contributed by atoms with Gasteiger partial charge in [-0.15, -0.1) is 0 Å². The smallest absolute Gasteiger partial charge is 0.128 e. The summed E-state index contributed by atoms with van der Waals surface area (Å²) >= 11 is 0. The Morgan fingerprint density at radius 2 is 2.31 bits per heavy atom. The molecule has 2 nitrogen and oxygen atoms in total. The zero-order valence-corrected chi connectivity index (χ0v) is 7.26. The summed E-state index contributed by atoms with van der Waals surface area (Å²) in [5, 5.41) is 8.86. The van der Waals surface area contributed by atoms with Gasteiger partial charge in [0, 0.05) is 11.6 Å². The van der Waals surface area contributed by atoms with Crippen molar-refractivity contribution in [2.45, 2.75) is 25.5 Å². The van der Waals surface area contributed by atoms with Gasteiger partial charge in [-0.1, -0.05) is 6.07 Å². The molecular weight excluding hydrogens is 169 g/mol. The van der Waals surface area contributed by atoms with Crippen molar-refractivity contribution in [3.8, 4) is 0 Å². The Bertz CT molecular complexity index is 338. The number of halogens is 1. The van der Waals surface area contributed by atoms with Gasteiger partial charge in [-0.05, 0) is 30.0 Å². The lowest BCUT2D eigenvalue weighted by Gasteiger charge is -2.07. The van der Waals surface area contributed by atoms with Crippen LogP contribution in [0.4, 0.5) is 4.39 Å². The lowest BCUT2D eigenvalue weighted by atomic mass is 10.0. The average Bonchev–Trinajstić information content (AvgIpc) is 2.48. The van der Waals surface area contributed by atoms with Gasteiger partial charge in [0.2, 0.25) is 0 Å². The molecule has 3 N–H and O–H groups in total. The molecule has 0 amide bonds. The Hall–Kier alpha value is -0.930. The molecule has 0 aromatic heterocycles. The predicted molar refractivity (Wildman–Crippen MR) is 47.6 cm³/mol. The van der Waals surface area contributed by atoms with Crippen LogP contribution < -0.4 is 5.73 Å². The van der Waals surface area contributed by atoms with Crippen molar-refractivity contribution in [1.82, 2.24) is 0 Å². The second kappa shape index (κ2) is 3.09. The summed E-state index contributed by atoms with van der Waals surface area (Å²) in [6, 6.07) is 3.04. The number of hydrogen-bond donors (Lipinski definition) is 2. The van der Waals surface area contributed by atoms with Gasteiger partial charge in [0.25, 0.3) is 0 Å². The van der Waals surface area contributed by atoms with Gasteiger partial charge >= 0.3 is 0 Å². The molecule has 1 aliphatic rings. The van der Waals surface area contributed by atoms with E-state index in [0.29, 0.717) is 11.1 Å². The molecule has 13 heavy (non-hydrogen) atoms. The fourth-order valence-corrected chi connectivity index (χ4v) is 1.91. The number of aliphatic hydroxyl groups excluding tert-OH is 1. The minimum absolute atomic E-state index is 0.112. The standard InChI is InChI=1S/C10H12FNO/c11-8-4-6(5-13)3-7-1-2-9(12)10(7)8/h3-4,9,13H,1-2,5,12H2/t9-/m0/s1. The Labute approximate surface area is 76.2 Å². The second-order valence-electron chi connectivity index (χ2n) is 3.45. The molecule has 1 atom stereocenters. The summed E-state index contributed by atoms with van der Waals surface area (Å²) < 4.78 is 13.4. The highest BCUT2D eigenvalue weighted by molar-refractivity contribution is 5.38. The van der Waals surface area contributed by atoms with E-state index in [1.807, 2.05) is 6.07 Å². The molecule has 0 heterocycles. The van der Waals surface area contributed by atoms with E-state index >= 15 is 0 Å². The third kappa shape index (κ3) is 1.34. The fraction of sp³-hybridized carbons (Fsp3) is 0.400. The van der Waals surface area contributed by atoms with Crippen molar-refractivity contribution < 1.29 is 9.50 Å². The molecule has 0 fully saturated rings. The summed E-state index contributed by atoms with van der Waals surface area (Å²) in [4.78, 5) is 0. The molecule has 0 saturated heterocycles. The number of fused-ring (bicyclic) bond motifs is 1. The first kappa shape index (κ1) is 8.66. The SMILES string of the molecule is N[C@H]1CCc2cc(CO)cc(F)c21. The first-order valence-corrected chi connectivity index (χ1v) is 4.40. The van der Waals surface area contributed by atoms with E-state index in [1.54, 1.807) is 0 Å². The molecule has 0 saturated carbocycles. The zero-order valence-electron chi connectivity index (χ0n) is 7.26. The molecule has 1 aliphatic carbocycles. The Morgan fingerprint density at radius 3 is 3.00 bits per heavy atom. The van der Waals surface area contributed by atoms with E-state index in [9.17, 15) is 4.39 Å². The maximum Gasteiger partial charge on any atom is 0.128 e. The molecule has 0 bridgehead atoms. The highest BCUT2D eigenvalue weighted by Crippen LogP contribution is 2.32. The van der Waals surface area contributed by atoms with E-state index in [0.717, 1.165) is 18.4 Å². The molecule has 1 aromatic carbocycles. The van der Waals surface area contributed by atoms with Crippen molar-refractivity contribution in [2.24, 2.45) is 5.73 Å². The monoisotopic (exact) mass is 181 g/mol. The highest BCUT2D eigenvalue weighted by Gasteiger charge is 2.23. The number of nitrogens with two attached hydrogens (primary N) is 1. The van der Waals surface area contributed by atoms with Gasteiger partial charge in [0.05, 0.1) is 6.61 Å². The normalized spacial score (nSPS) is 20.4. The van der Waals surface area contributed by atoms with Crippen molar-refractivity contribution >= 4 is 0 Å². The maximum atomic E-state index is 13.4. The number of benzene rings is 1. The van der Waals surface area contributed by atoms with Gasteiger partial charge in [0.1, 0.15) is 5.82 Å². The number of aliphatic hydroxyl groups is 1. The van der Waals surface area contributed by atoms with E-state index < -0.39 is 0 Å². The molecule has 1 aromatic rings. The van der Waals surface area contributed by atoms with E-state index in [-0.39, 0.29) is 18.5 Å². The van der Waals surface area contributed by atoms with Crippen LogP contribution in [0.2, 0.25) is 0 Å². The summed E-state index contributed by atoms with van der Waals surface area (Å²) in [6.07, 6.45) is 1.63. The highest BCUT2D eigenvalue weighted by atomic mass is 19.1. The van der Waals surface area contributed by atoms with Crippen molar-refractivity contribution in [3.05, 3.63) is 34.6 Å². The first-order valence-electron chi connectivity index (χ1n) is 4.40. The third-order valence-electron chi connectivity index (χ3n) is 2.55. The number of rotatable bonds is 1. The first-order chi connectivity index (χ1) is 6.22. The van der Waals surface area contributed by atoms with Crippen LogP contribution in [-0.4, -0.2) is 5.11 Å². The van der Waals surface area contributed by atoms with Gasteiger partial charge in [-0.3, -0.25) is 0 Å². The molecular formula is C10H12FNO. The second-order valence-corrected chi connectivity index (χ2v) is 3.45. The summed E-state index contributed by atoms with van der Waals surface area (Å²) in [5.41, 5.74) is 7.96. The van der Waals surface area contributed by atoms with Crippen molar-refractivity contribution in [2.75, 3.05) is 0 Å². The van der Waals surface area contributed by atoms with E-state index in [4.69, 9.17) is 10.8 Å². The summed E-state index contributed by atoms with van der Waals surface area (Å²) in [6.45, 7) is -0.112. The van der Waals surface area contributed by atoms with Crippen molar-refractivity contribution in [1.29, 1.82) is 0 Å². The van der Waals surface area contributed by atoms with Gasteiger partial charge in [-0.2, -0.15) is 0 Å². The molecule has 2 rings (SSSR count). The Morgan fingerprint density at radius 1 is 1.54 bits per heavy atom. The van der Waals surface area contributed by atoms with Crippen LogP contribution in [-0.2, 0) is 13.0 Å². The number of aryl methyl sites for hydroxylation is 1. The topological polar surface area (TPSA) is 46.2 Å². The molecule has 0 radical (unpaired) electrons. The van der Waals surface area contributed by atoms with Crippen molar-refractivity contribution in [3.63, 3.8) is 0 Å². The maximum absolute atomic E-state index is 13.4. The van der Waals surface area contributed by atoms with Gasteiger partial charge in [0.15, 0.2) is 0 Å². The van der Waals surface area contributed by atoms with Crippen LogP contribution in [0.5, 0.6) is 0 Å². The summed E-state index contributed by atoms with van der Waals surface area (Å²) in [7, 11) is 0. The van der Waals surface area contributed by atoms with Crippen LogP contribution in [0, 0.1) is 5.82 Å². The van der Waals surface area contributed by atoms with Gasteiger partial charge < -0.3 is 10.8 Å². The summed E-state index contributed by atoms with van der Waals surface area (Å²) in [5.74, 6) is -0.272. The minimum atomic E-state index is -0.272. The van der Waals surface area contributed by atoms with Crippen LogP contribution in [0.3, 0.4) is 0 Å². The minimum Gasteiger partial charge on any atom is -0.392 e. The van der Waals surface area contributed by atoms with E-state index in [1.165, 1.54) is 6.07 Å². The lowest BCUT2D eigenvalue weighted by molar-refractivity contribution is 0.281. The number of hydrogen-bond acceptors (Lipinski definition) is 2. The third-order valence-corrected chi connectivity index (χ3v) is 2.55. The molecule has 3 heteroatoms. The van der Waals surface area contributed by atoms with Crippen LogP contribution in [0.15, 0.2) is 12.1 Å². The van der Waals surface area contributed by atoms with Crippen LogP contribution in [0.25, 0.3) is 0 Å². The van der Waals surface area contributed by atoms with Crippen LogP contribution >= 0.6 is 0 Å². The molecule has 0 unspecified atom stereocenters. The zero-order chi connectivity index (χ0) is 9.42.